The molecule has 1 aromatic rings. The highest BCUT2D eigenvalue weighted by atomic mass is 15.3. The van der Waals surface area contributed by atoms with Gasteiger partial charge in [0.05, 0.1) is 11.7 Å². The first-order chi connectivity index (χ1) is 9.06. The van der Waals surface area contributed by atoms with Crippen molar-refractivity contribution in [3.8, 4) is 0 Å². The first kappa shape index (κ1) is 14.5. The Balaban J connectivity index is 2.13. The highest BCUT2D eigenvalue weighted by Crippen LogP contribution is 2.25. The van der Waals surface area contributed by atoms with Gasteiger partial charge in [-0.05, 0) is 20.4 Å². The van der Waals surface area contributed by atoms with Crippen LogP contribution in [-0.2, 0) is 7.05 Å². The van der Waals surface area contributed by atoms with Gasteiger partial charge in [-0.25, -0.2) is 0 Å². The molecule has 1 saturated heterocycles. The molecule has 0 saturated carbocycles. The predicted octanol–water partition coefficient (Wildman–Crippen LogP) is 0.754. The molecular formula is C14H27N5. The number of likely N-dealkylation sites (N-methyl/N-ethyl adjacent to an activating group) is 1. The minimum atomic E-state index is 0.301. The third kappa shape index (κ3) is 2.99. The summed E-state index contributed by atoms with van der Waals surface area (Å²) in [5, 5.41) is 4.45. The Bertz CT molecular complexity index is 414. The average molecular weight is 265 g/mol. The molecule has 1 aliphatic heterocycles. The largest absolute Gasteiger partial charge is 0.329 e. The minimum absolute atomic E-state index is 0.301. The van der Waals surface area contributed by atoms with Crippen molar-refractivity contribution in [2.24, 2.45) is 12.8 Å². The van der Waals surface area contributed by atoms with E-state index in [4.69, 9.17) is 5.73 Å². The summed E-state index contributed by atoms with van der Waals surface area (Å²) in [6, 6.07) is 0.903. The van der Waals surface area contributed by atoms with E-state index in [1.807, 2.05) is 11.7 Å². The zero-order chi connectivity index (χ0) is 14.0. The van der Waals surface area contributed by atoms with E-state index in [-0.39, 0.29) is 0 Å². The molecule has 1 aromatic heterocycles. The third-order valence-electron chi connectivity index (χ3n) is 4.28. The second kappa shape index (κ2) is 6.03. The molecule has 2 heterocycles. The van der Waals surface area contributed by atoms with Gasteiger partial charge in [-0.15, -0.1) is 0 Å². The van der Waals surface area contributed by atoms with E-state index in [2.05, 4.69) is 41.9 Å². The Kier molecular flexibility index (Phi) is 4.60. The lowest BCUT2D eigenvalue weighted by atomic mass is 10.0. The van der Waals surface area contributed by atoms with Crippen LogP contribution in [0.1, 0.15) is 31.1 Å². The highest BCUT2D eigenvalue weighted by Gasteiger charge is 2.29. The first-order valence-electron chi connectivity index (χ1n) is 7.25. The van der Waals surface area contributed by atoms with Crippen molar-refractivity contribution in [2.45, 2.75) is 32.9 Å². The molecular weight excluding hydrogens is 238 g/mol. The molecule has 5 nitrogen and oxygen atoms in total. The minimum Gasteiger partial charge on any atom is -0.329 e. The molecule has 0 radical (unpaired) electrons. The van der Waals surface area contributed by atoms with Gasteiger partial charge in [0.25, 0.3) is 0 Å². The van der Waals surface area contributed by atoms with E-state index in [1.54, 1.807) is 0 Å². The van der Waals surface area contributed by atoms with E-state index in [0.29, 0.717) is 18.6 Å². The SMILES string of the molecule is CCN1CCN(C(CN)c2cn(C)nc2C)CC1C. The van der Waals surface area contributed by atoms with Gasteiger partial charge in [0.2, 0.25) is 0 Å². The second-order valence-corrected chi connectivity index (χ2v) is 5.57. The van der Waals surface area contributed by atoms with Crippen molar-refractivity contribution in [2.75, 3.05) is 32.7 Å². The van der Waals surface area contributed by atoms with Crippen molar-refractivity contribution in [3.63, 3.8) is 0 Å². The summed E-state index contributed by atoms with van der Waals surface area (Å²) in [7, 11) is 1.97. The third-order valence-corrected chi connectivity index (χ3v) is 4.28. The fraction of sp³-hybridized carbons (Fsp3) is 0.786. The lowest BCUT2D eigenvalue weighted by Crippen LogP contribution is -2.53. The van der Waals surface area contributed by atoms with Gasteiger partial charge in [0.15, 0.2) is 0 Å². The number of aromatic nitrogens is 2. The van der Waals surface area contributed by atoms with Crippen molar-refractivity contribution in [3.05, 3.63) is 17.5 Å². The van der Waals surface area contributed by atoms with Crippen LogP contribution < -0.4 is 5.73 Å². The molecule has 0 spiro atoms. The molecule has 5 heteroatoms. The molecule has 0 amide bonds. The van der Waals surface area contributed by atoms with Crippen LogP contribution in [0.15, 0.2) is 6.20 Å². The summed E-state index contributed by atoms with van der Waals surface area (Å²) in [5.74, 6) is 0. The van der Waals surface area contributed by atoms with Gasteiger partial charge in [0.1, 0.15) is 0 Å². The number of rotatable bonds is 4. The monoisotopic (exact) mass is 265 g/mol. The molecule has 1 aliphatic rings. The van der Waals surface area contributed by atoms with Crippen molar-refractivity contribution in [1.82, 2.24) is 19.6 Å². The molecule has 108 valence electrons. The molecule has 1 fully saturated rings. The summed E-state index contributed by atoms with van der Waals surface area (Å²) >= 11 is 0. The maximum atomic E-state index is 6.03. The van der Waals surface area contributed by atoms with Crippen molar-refractivity contribution in [1.29, 1.82) is 0 Å². The Morgan fingerprint density at radius 3 is 2.68 bits per heavy atom. The van der Waals surface area contributed by atoms with Crippen LogP contribution in [0, 0.1) is 6.92 Å². The fourth-order valence-corrected chi connectivity index (χ4v) is 3.19. The van der Waals surface area contributed by atoms with E-state index in [9.17, 15) is 0 Å². The molecule has 2 atom stereocenters. The summed E-state index contributed by atoms with van der Waals surface area (Å²) in [5.41, 5.74) is 8.41. The Hall–Kier alpha value is -0.910. The molecule has 2 N–H and O–H groups in total. The Labute approximate surface area is 116 Å². The van der Waals surface area contributed by atoms with Crippen LogP contribution in [0.5, 0.6) is 0 Å². The molecule has 19 heavy (non-hydrogen) atoms. The van der Waals surface area contributed by atoms with Crippen LogP contribution in [0.25, 0.3) is 0 Å². The molecule has 2 rings (SSSR count). The van der Waals surface area contributed by atoms with E-state index >= 15 is 0 Å². The van der Waals surface area contributed by atoms with Crippen LogP contribution in [0.2, 0.25) is 0 Å². The number of hydrogen-bond acceptors (Lipinski definition) is 4. The molecule has 0 bridgehead atoms. The Morgan fingerprint density at radius 2 is 2.21 bits per heavy atom. The number of piperazine rings is 1. The average Bonchev–Trinajstić information content (AvgIpc) is 2.70. The predicted molar refractivity (Wildman–Crippen MR) is 78.0 cm³/mol. The number of nitrogens with zero attached hydrogens (tertiary/aromatic N) is 4. The fourth-order valence-electron chi connectivity index (χ4n) is 3.19. The highest BCUT2D eigenvalue weighted by molar-refractivity contribution is 5.21. The normalized spacial score (nSPS) is 23.7. The zero-order valence-electron chi connectivity index (χ0n) is 12.6. The van der Waals surface area contributed by atoms with Crippen molar-refractivity contribution >= 4 is 0 Å². The molecule has 2 unspecified atom stereocenters. The lowest BCUT2D eigenvalue weighted by Gasteiger charge is -2.42. The topological polar surface area (TPSA) is 50.3 Å². The van der Waals surface area contributed by atoms with Gasteiger partial charge in [-0.1, -0.05) is 6.92 Å². The van der Waals surface area contributed by atoms with Gasteiger partial charge in [0, 0.05) is 51.0 Å². The number of aryl methyl sites for hydroxylation is 2. The van der Waals surface area contributed by atoms with Crippen LogP contribution >= 0.6 is 0 Å². The molecule has 0 aromatic carbocycles. The maximum absolute atomic E-state index is 6.03. The van der Waals surface area contributed by atoms with E-state index in [0.717, 1.165) is 31.9 Å². The zero-order valence-corrected chi connectivity index (χ0v) is 12.6. The van der Waals surface area contributed by atoms with E-state index in [1.165, 1.54) is 5.56 Å². The summed E-state index contributed by atoms with van der Waals surface area (Å²) < 4.78 is 1.89. The number of hydrogen-bond donors (Lipinski definition) is 1. The number of nitrogens with two attached hydrogens (primary N) is 1. The first-order valence-corrected chi connectivity index (χ1v) is 7.25. The summed E-state index contributed by atoms with van der Waals surface area (Å²) in [4.78, 5) is 5.04. The summed E-state index contributed by atoms with van der Waals surface area (Å²) in [6.07, 6.45) is 2.11. The van der Waals surface area contributed by atoms with Crippen LogP contribution in [0.4, 0.5) is 0 Å². The smallest absolute Gasteiger partial charge is 0.0641 e. The maximum Gasteiger partial charge on any atom is 0.0641 e. The van der Waals surface area contributed by atoms with Crippen molar-refractivity contribution < 1.29 is 0 Å². The van der Waals surface area contributed by atoms with Gasteiger partial charge >= 0.3 is 0 Å². The lowest BCUT2D eigenvalue weighted by molar-refractivity contribution is 0.0605. The van der Waals surface area contributed by atoms with E-state index < -0.39 is 0 Å². The standard InChI is InChI=1S/C14H27N5/c1-5-18-6-7-19(9-11(18)2)14(8-15)13-10-17(4)16-12(13)3/h10-11,14H,5-9,15H2,1-4H3. The molecule has 0 aliphatic carbocycles. The summed E-state index contributed by atoms with van der Waals surface area (Å²) in [6.45, 7) is 11.7. The van der Waals surface area contributed by atoms with Crippen LogP contribution in [0.3, 0.4) is 0 Å². The van der Waals surface area contributed by atoms with Gasteiger partial charge in [-0.3, -0.25) is 14.5 Å². The quantitative estimate of drug-likeness (QED) is 0.873. The van der Waals surface area contributed by atoms with Crippen LogP contribution in [-0.4, -0.2) is 58.3 Å². The second-order valence-electron chi connectivity index (χ2n) is 5.57. The van der Waals surface area contributed by atoms with Gasteiger partial charge < -0.3 is 5.73 Å². The van der Waals surface area contributed by atoms with Gasteiger partial charge in [-0.2, -0.15) is 5.10 Å². The Morgan fingerprint density at radius 1 is 1.47 bits per heavy atom.